The summed E-state index contributed by atoms with van der Waals surface area (Å²) in [5, 5.41) is 27.3. The number of primary sulfonamides is 1. The van der Waals surface area contributed by atoms with Crippen LogP contribution in [-0.2, 0) is 14.8 Å². The fourth-order valence-corrected chi connectivity index (χ4v) is 2.50. The monoisotopic (exact) mass is 395 g/mol. The van der Waals surface area contributed by atoms with Crippen molar-refractivity contribution in [2.24, 2.45) is 5.14 Å². The zero-order valence-electron chi connectivity index (χ0n) is 13.5. The summed E-state index contributed by atoms with van der Waals surface area (Å²) >= 11 is 0. The van der Waals surface area contributed by atoms with Crippen LogP contribution < -0.4 is 15.2 Å². The Bertz CT molecular complexity index is 1000. The Morgan fingerprint density at radius 2 is 1.81 bits per heavy atom. The maximum atomic E-state index is 11.9. The van der Waals surface area contributed by atoms with Gasteiger partial charge in [0.05, 0.1) is 15.4 Å². The van der Waals surface area contributed by atoms with Gasteiger partial charge in [-0.3, -0.25) is 14.9 Å². The van der Waals surface area contributed by atoms with Crippen LogP contribution in [0.15, 0.2) is 47.4 Å². The van der Waals surface area contributed by atoms with E-state index >= 15 is 0 Å². The highest BCUT2D eigenvalue weighted by Crippen LogP contribution is 2.28. The van der Waals surface area contributed by atoms with Crippen molar-refractivity contribution in [3.05, 3.63) is 58.1 Å². The van der Waals surface area contributed by atoms with E-state index in [1.165, 1.54) is 24.3 Å². The first-order chi connectivity index (χ1) is 12.6. The molecule has 12 heteroatoms. The number of amides is 1. The number of ether oxygens (including phenoxy) is 1. The molecule has 0 aliphatic rings. The standard InChI is InChI=1S/C15H13N3O8S/c16-27(24,25)11-4-2-10(3-5-11)17-14(19)8-26-13-7-9(15(20)21)1-6-12(13)18(22)23/h1-7H,8H2,(H,17,19)(H,20,21)(H2,16,24,25). The number of hydrogen-bond acceptors (Lipinski definition) is 7. The summed E-state index contributed by atoms with van der Waals surface area (Å²) in [4.78, 5) is 32.9. The molecule has 4 N–H and O–H groups in total. The Morgan fingerprint density at radius 1 is 1.19 bits per heavy atom. The van der Waals surface area contributed by atoms with Gasteiger partial charge in [-0.25, -0.2) is 18.4 Å². The molecular formula is C15H13N3O8S. The highest BCUT2D eigenvalue weighted by Gasteiger charge is 2.19. The molecule has 0 aromatic heterocycles. The third kappa shape index (κ3) is 5.23. The van der Waals surface area contributed by atoms with Crippen molar-refractivity contribution in [1.82, 2.24) is 0 Å². The van der Waals surface area contributed by atoms with Crippen LogP contribution in [0.25, 0.3) is 0 Å². The number of carbonyl (C=O) groups excluding carboxylic acids is 1. The first-order valence-corrected chi connectivity index (χ1v) is 8.70. The number of nitrogens with one attached hydrogen (secondary N) is 1. The molecule has 0 fully saturated rings. The number of hydrogen-bond donors (Lipinski definition) is 3. The molecule has 0 atom stereocenters. The number of nitrogens with two attached hydrogens (primary N) is 1. The largest absolute Gasteiger partial charge is 0.478 e. The first kappa shape index (κ1) is 19.8. The minimum Gasteiger partial charge on any atom is -0.478 e. The summed E-state index contributed by atoms with van der Waals surface area (Å²) < 4.78 is 27.4. The zero-order chi connectivity index (χ0) is 20.2. The molecule has 2 rings (SSSR count). The van der Waals surface area contributed by atoms with Gasteiger partial charge in [-0.05, 0) is 30.3 Å². The third-order valence-electron chi connectivity index (χ3n) is 3.23. The van der Waals surface area contributed by atoms with Crippen LogP contribution in [0.1, 0.15) is 10.4 Å². The molecule has 11 nitrogen and oxygen atoms in total. The van der Waals surface area contributed by atoms with Crippen molar-refractivity contribution in [2.75, 3.05) is 11.9 Å². The summed E-state index contributed by atoms with van der Waals surface area (Å²) in [6.45, 7) is -0.638. The van der Waals surface area contributed by atoms with Gasteiger partial charge in [-0.2, -0.15) is 0 Å². The molecule has 27 heavy (non-hydrogen) atoms. The van der Waals surface area contributed by atoms with Crippen LogP contribution in [0.2, 0.25) is 0 Å². The molecule has 142 valence electrons. The number of benzene rings is 2. The molecule has 1 amide bonds. The molecule has 0 spiro atoms. The fraction of sp³-hybridized carbons (Fsp3) is 0.0667. The number of carbonyl (C=O) groups is 2. The fourth-order valence-electron chi connectivity index (χ4n) is 1.98. The lowest BCUT2D eigenvalue weighted by Crippen LogP contribution is -2.20. The Hall–Kier alpha value is -3.51. The van der Waals surface area contributed by atoms with Gasteiger partial charge in [0.15, 0.2) is 12.4 Å². The predicted octanol–water partition coefficient (Wildman–Crippen LogP) is 0.958. The maximum Gasteiger partial charge on any atom is 0.335 e. The van der Waals surface area contributed by atoms with Crippen LogP contribution in [0.3, 0.4) is 0 Å². The second-order valence-corrected chi connectivity index (χ2v) is 6.71. The Morgan fingerprint density at radius 3 is 2.33 bits per heavy atom. The summed E-state index contributed by atoms with van der Waals surface area (Å²) in [7, 11) is -3.87. The van der Waals surface area contributed by atoms with Crippen molar-refractivity contribution in [1.29, 1.82) is 0 Å². The quantitative estimate of drug-likeness (QED) is 0.458. The lowest BCUT2D eigenvalue weighted by molar-refractivity contribution is -0.385. The summed E-state index contributed by atoms with van der Waals surface area (Å²) in [5.74, 6) is -2.39. The Balaban J connectivity index is 2.08. The second kappa shape index (κ2) is 7.80. The van der Waals surface area contributed by atoms with Crippen LogP contribution in [0.4, 0.5) is 11.4 Å². The average Bonchev–Trinajstić information content (AvgIpc) is 2.59. The predicted molar refractivity (Wildman–Crippen MR) is 92.0 cm³/mol. The lowest BCUT2D eigenvalue weighted by atomic mass is 10.2. The van der Waals surface area contributed by atoms with Crippen molar-refractivity contribution in [3.63, 3.8) is 0 Å². The minimum atomic E-state index is -3.87. The molecule has 0 aliphatic heterocycles. The van der Waals surface area contributed by atoms with Crippen LogP contribution in [-0.4, -0.2) is 36.9 Å². The van der Waals surface area contributed by atoms with Gasteiger partial charge in [0, 0.05) is 17.8 Å². The SMILES string of the molecule is NS(=O)(=O)c1ccc(NC(=O)COc2cc(C(=O)O)ccc2[N+](=O)[O-])cc1. The Kier molecular flexibility index (Phi) is 5.72. The van der Waals surface area contributed by atoms with E-state index < -0.39 is 39.1 Å². The van der Waals surface area contributed by atoms with Crippen molar-refractivity contribution >= 4 is 33.3 Å². The van der Waals surface area contributed by atoms with Gasteiger partial charge >= 0.3 is 11.7 Å². The molecule has 0 aliphatic carbocycles. The number of nitrogens with zero attached hydrogens (tertiary/aromatic N) is 1. The van der Waals surface area contributed by atoms with Crippen molar-refractivity contribution in [2.45, 2.75) is 4.90 Å². The van der Waals surface area contributed by atoms with Gasteiger partial charge in [-0.15, -0.1) is 0 Å². The van der Waals surface area contributed by atoms with Gasteiger partial charge in [0.2, 0.25) is 10.0 Å². The van der Waals surface area contributed by atoms with Crippen LogP contribution in [0, 0.1) is 10.1 Å². The smallest absolute Gasteiger partial charge is 0.335 e. The van der Waals surface area contributed by atoms with E-state index in [4.69, 9.17) is 15.0 Å². The number of carboxylic acid groups (broad SMARTS) is 1. The van der Waals surface area contributed by atoms with Gasteiger partial charge in [-0.1, -0.05) is 0 Å². The first-order valence-electron chi connectivity index (χ1n) is 7.15. The number of rotatable bonds is 7. The number of carboxylic acids is 1. The van der Waals surface area contributed by atoms with Crippen molar-refractivity contribution in [3.8, 4) is 5.75 Å². The number of sulfonamides is 1. The van der Waals surface area contributed by atoms with Gasteiger partial charge < -0.3 is 15.2 Å². The van der Waals surface area contributed by atoms with E-state index in [0.29, 0.717) is 0 Å². The molecule has 0 heterocycles. The number of aromatic carboxylic acids is 1. The summed E-state index contributed by atoms with van der Waals surface area (Å²) in [6, 6.07) is 7.91. The molecule has 0 bridgehead atoms. The van der Waals surface area contributed by atoms with Gasteiger partial charge in [0.25, 0.3) is 5.91 Å². The number of anilines is 1. The summed E-state index contributed by atoms with van der Waals surface area (Å²) in [5.41, 5.74) is -0.496. The van der Waals surface area contributed by atoms with Crippen LogP contribution in [0.5, 0.6) is 5.75 Å². The Labute approximate surface area is 152 Å². The normalized spacial score (nSPS) is 10.9. The lowest BCUT2D eigenvalue weighted by Gasteiger charge is -2.09. The number of nitro benzene ring substituents is 1. The van der Waals surface area contributed by atoms with E-state index in [2.05, 4.69) is 5.32 Å². The van der Waals surface area contributed by atoms with E-state index in [-0.39, 0.29) is 21.9 Å². The van der Waals surface area contributed by atoms with E-state index in [0.717, 1.165) is 18.2 Å². The maximum absolute atomic E-state index is 11.9. The number of nitro groups is 1. The van der Waals surface area contributed by atoms with E-state index in [1.807, 2.05) is 0 Å². The molecule has 0 radical (unpaired) electrons. The topological polar surface area (TPSA) is 179 Å². The molecule has 0 saturated carbocycles. The van der Waals surface area contributed by atoms with E-state index in [1.54, 1.807) is 0 Å². The third-order valence-corrected chi connectivity index (χ3v) is 4.16. The average molecular weight is 395 g/mol. The molecule has 0 saturated heterocycles. The summed E-state index contributed by atoms with van der Waals surface area (Å²) in [6.07, 6.45) is 0. The highest BCUT2D eigenvalue weighted by atomic mass is 32.2. The molecule has 2 aromatic carbocycles. The van der Waals surface area contributed by atoms with Gasteiger partial charge in [0.1, 0.15) is 0 Å². The van der Waals surface area contributed by atoms with E-state index in [9.17, 15) is 28.1 Å². The molecular weight excluding hydrogens is 382 g/mol. The molecule has 0 unspecified atom stereocenters. The molecule has 2 aromatic rings. The van der Waals surface area contributed by atoms with Crippen molar-refractivity contribution < 1.29 is 32.8 Å². The second-order valence-electron chi connectivity index (χ2n) is 5.15. The highest BCUT2D eigenvalue weighted by molar-refractivity contribution is 7.89. The van der Waals surface area contributed by atoms with Crippen LogP contribution >= 0.6 is 0 Å². The minimum absolute atomic E-state index is 0.141. The zero-order valence-corrected chi connectivity index (χ0v) is 14.3.